The molecule has 0 radical (unpaired) electrons. The van der Waals surface area contributed by atoms with Gasteiger partial charge in [-0.2, -0.15) is 0 Å². The first kappa shape index (κ1) is 19.8. The molecule has 0 atom stereocenters. The van der Waals surface area contributed by atoms with Crippen LogP contribution in [0.4, 0.5) is 5.69 Å². The minimum absolute atomic E-state index is 0.0898. The van der Waals surface area contributed by atoms with Crippen molar-refractivity contribution in [1.29, 1.82) is 5.41 Å². The minimum atomic E-state index is -0.220. The molecule has 2 heterocycles. The number of nitrogens with one attached hydrogen (secondary N) is 2. The van der Waals surface area contributed by atoms with E-state index in [1.54, 1.807) is 41.2 Å². The van der Waals surface area contributed by atoms with Crippen LogP contribution >= 0.6 is 22.9 Å². The molecule has 4 N–H and O–H groups in total. The highest BCUT2D eigenvalue weighted by atomic mass is 35.5. The highest BCUT2D eigenvalue weighted by Crippen LogP contribution is 2.21. The Bertz CT molecular complexity index is 1070. The Morgan fingerprint density at radius 3 is 2.61 bits per heavy atom. The molecule has 0 bridgehead atoms. The average molecular weight is 414 g/mol. The van der Waals surface area contributed by atoms with Crippen LogP contribution < -0.4 is 16.2 Å². The van der Waals surface area contributed by atoms with E-state index in [0.717, 1.165) is 11.4 Å². The molecule has 1 aromatic carbocycles. The highest BCUT2D eigenvalue weighted by Gasteiger charge is 2.09. The second-order valence-electron chi connectivity index (χ2n) is 5.84. The first-order valence-corrected chi connectivity index (χ1v) is 9.62. The molecule has 3 aromatic rings. The van der Waals surface area contributed by atoms with Crippen LogP contribution in [0.15, 0.2) is 77.4 Å². The quantitative estimate of drug-likeness (QED) is 0.410. The van der Waals surface area contributed by atoms with E-state index in [9.17, 15) is 9.59 Å². The van der Waals surface area contributed by atoms with Gasteiger partial charge in [0.2, 0.25) is 0 Å². The molecule has 0 saturated carbocycles. The van der Waals surface area contributed by atoms with E-state index >= 15 is 0 Å². The average Bonchev–Trinajstić information content (AvgIpc) is 3.15. The fourth-order valence-corrected chi connectivity index (χ4v) is 3.41. The largest absolute Gasteiger partial charge is 0.347 e. The number of aromatic nitrogens is 1. The molecular formula is C20H18ClN4O2S+. The summed E-state index contributed by atoms with van der Waals surface area (Å²) in [5, 5.41) is 12.2. The van der Waals surface area contributed by atoms with Gasteiger partial charge in [0.1, 0.15) is 11.9 Å². The minimum Gasteiger partial charge on any atom is -0.347 e. The summed E-state index contributed by atoms with van der Waals surface area (Å²) in [6.07, 6.45) is 4.70. The molecule has 0 aliphatic heterocycles. The second-order valence-corrected chi connectivity index (χ2v) is 7.55. The van der Waals surface area contributed by atoms with Crippen LogP contribution in [0.1, 0.15) is 9.67 Å². The number of quaternary nitrogens is 1. The van der Waals surface area contributed by atoms with Crippen LogP contribution in [-0.2, 0) is 0 Å². The van der Waals surface area contributed by atoms with Crippen molar-refractivity contribution < 1.29 is 10.1 Å². The van der Waals surface area contributed by atoms with Crippen molar-refractivity contribution in [1.82, 2.24) is 9.88 Å². The van der Waals surface area contributed by atoms with Gasteiger partial charge in [-0.15, -0.1) is 11.3 Å². The Morgan fingerprint density at radius 1 is 1.18 bits per heavy atom. The molecule has 2 aromatic heterocycles. The fraction of sp³-hybridized carbons (Fsp3) is 0.0500. The van der Waals surface area contributed by atoms with E-state index in [0.29, 0.717) is 14.8 Å². The standard InChI is InChI=1S/C20H17ClN4O2S/c21-18-9-8-17(28-18)20(27)24-13-14(11-22)12-23-15-4-6-16(7-5-15)25-10-2-1-3-19(25)26/h1-12,22-23H,13H2,(H,24,27)/p+1/b14-12+,22-11?. The van der Waals surface area contributed by atoms with Crippen molar-refractivity contribution in [2.45, 2.75) is 0 Å². The molecular weight excluding hydrogens is 396 g/mol. The number of hydrogen-bond acceptors (Lipinski definition) is 4. The van der Waals surface area contributed by atoms with E-state index in [1.165, 1.54) is 23.6 Å². The lowest BCUT2D eigenvalue weighted by Gasteiger charge is -2.05. The van der Waals surface area contributed by atoms with E-state index in [-0.39, 0.29) is 18.0 Å². The van der Waals surface area contributed by atoms with Crippen molar-refractivity contribution in [2.75, 3.05) is 6.54 Å². The van der Waals surface area contributed by atoms with Gasteiger partial charge in [0.15, 0.2) is 0 Å². The molecule has 6 nitrogen and oxygen atoms in total. The number of halogens is 1. The molecule has 28 heavy (non-hydrogen) atoms. The Hall–Kier alpha value is -3.00. The zero-order valence-electron chi connectivity index (χ0n) is 14.8. The fourth-order valence-electron chi connectivity index (χ4n) is 2.45. The molecule has 0 aliphatic rings. The summed E-state index contributed by atoms with van der Waals surface area (Å²) in [6.45, 7) is 0.242. The van der Waals surface area contributed by atoms with Crippen LogP contribution in [0, 0.1) is 5.41 Å². The van der Waals surface area contributed by atoms with Crippen molar-refractivity contribution in [3.05, 3.63) is 92.1 Å². The first-order chi connectivity index (χ1) is 13.6. The highest BCUT2D eigenvalue weighted by molar-refractivity contribution is 7.18. The SMILES string of the molecule is N=C/C(=C\[NH2+]c1ccc(-n2ccccc2=O)cc1)CNC(=O)c1ccc(Cl)s1. The van der Waals surface area contributed by atoms with Gasteiger partial charge in [-0.3, -0.25) is 19.5 Å². The molecule has 3 rings (SSSR count). The number of nitrogens with two attached hydrogens (primary N) is 1. The van der Waals surface area contributed by atoms with Crippen molar-refractivity contribution in [3.8, 4) is 5.69 Å². The van der Waals surface area contributed by atoms with Crippen LogP contribution in [0.3, 0.4) is 0 Å². The normalized spacial score (nSPS) is 11.2. The lowest BCUT2D eigenvalue weighted by atomic mass is 10.2. The summed E-state index contributed by atoms with van der Waals surface area (Å²) in [4.78, 5) is 24.5. The third kappa shape index (κ3) is 5.04. The van der Waals surface area contributed by atoms with Gasteiger partial charge in [-0.25, -0.2) is 0 Å². The summed E-state index contributed by atoms with van der Waals surface area (Å²) in [5.74, 6) is -0.220. The van der Waals surface area contributed by atoms with E-state index < -0.39 is 0 Å². The van der Waals surface area contributed by atoms with Crippen LogP contribution in [0.2, 0.25) is 4.34 Å². The summed E-state index contributed by atoms with van der Waals surface area (Å²) in [6, 6.07) is 15.9. The number of thiophene rings is 1. The van der Waals surface area contributed by atoms with Gasteiger partial charge >= 0.3 is 0 Å². The Kier molecular flexibility index (Phi) is 6.54. The number of pyridine rings is 1. The van der Waals surface area contributed by atoms with Gasteiger partial charge in [-0.05, 0) is 30.3 Å². The van der Waals surface area contributed by atoms with E-state index in [2.05, 4.69) is 5.32 Å². The maximum absolute atomic E-state index is 12.1. The monoisotopic (exact) mass is 413 g/mol. The van der Waals surface area contributed by atoms with Crippen molar-refractivity contribution in [3.63, 3.8) is 0 Å². The third-order valence-electron chi connectivity index (χ3n) is 3.92. The summed E-state index contributed by atoms with van der Waals surface area (Å²) < 4.78 is 2.12. The predicted molar refractivity (Wildman–Crippen MR) is 112 cm³/mol. The third-order valence-corrected chi connectivity index (χ3v) is 5.15. The zero-order valence-corrected chi connectivity index (χ0v) is 16.3. The Balaban J connectivity index is 1.61. The first-order valence-electron chi connectivity index (χ1n) is 8.43. The van der Waals surface area contributed by atoms with E-state index in [4.69, 9.17) is 17.0 Å². The van der Waals surface area contributed by atoms with Crippen LogP contribution in [0.25, 0.3) is 5.69 Å². The molecule has 0 aliphatic carbocycles. The molecule has 0 fully saturated rings. The summed E-state index contributed by atoms with van der Waals surface area (Å²) in [5.41, 5.74) is 2.26. The Morgan fingerprint density at radius 2 is 1.96 bits per heavy atom. The van der Waals surface area contributed by atoms with Gasteiger partial charge < -0.3 is 10.7 Å². The second kappa shape index (κ2) is 9.27. The van der Waals surface area contributed by atoms with Crippen molar-refractivity contribution >= 4 is 40.7 Å². The molecule has 142 valence electrons. The number of nitrogens with zero attached hydrogens (tertiary/aromatic N) is 1. The number of amides is 1. The number of hydrogen-bond donors (Lipinski definition) is 3. The summed E-state index contributed by atoms with van der Waals surface area (Å²) >= 11 is 7.05. The number of carbonyl (C=O) groups is 1. The topological polar surface area (TPSA) is 91.6 Å². The maximum Gasteiger partial charge on any atom is 0.261 e. The maximum atomic E-state index is 12.1. The van der Waals surface area contributed by atoms with Crippen molar-refractivity contribution in [2.24, 2.45) is 0 Å². The lowest BCUT2D eigenvalue weighted by Crippen LogP contribution is -2.71. The van der Waals surface area contributed by atoms with Gasteiger partial charge in [0.25, 0.3) is 11.5 Å². The van der Waals surface area contributed by atoms with Gasteiger partial charge in [0.05, 0.1) is 9.21 Å². The smallest absolute Gasteiger partial charge is 0.261 e. The molecule has 8 heteroatoms. The molecule has 0 unspecified atom stereocenters. The zero-order chi connectivity index (χ0) is 19.9. The number of rotatable bonds is 7. The lowest BCUT2D eigenvalue weighted by molar-refractivity contribution is -0.497. The van der Waals surface area contributed by atoms with Gasteiger partial charge in [-0.1, -0.05) is 17.7 Å². The molecule has 0 spiro atoms. The molecule has 1 amide bonds. The van der Waals surface area contributed by atoms with E-state index in [1.807, 2.05) is 29.6 Å². The number of benzene rings is 1. The van der Waals surface area contributed by atoms with Gasteiger partial charge in [0, 0.05) is 48.4 Å². The number of carbonyl (C=O) groups excluding carboxylic acids is 1. The Labute approximate surface area is 170 Å². The van der Waals surface area contributed by atoms with Crippen LogP contribution in [-0.4, -0.2) is 23.2 Å². The van der Waals surface area contributed by atoms with Crippen LogP contribution in [0.5, 0.6) is 0 Å². The summed E-state index contributed by atoms with van der Waals surface area (Å²) in [7, 11) is 0. The molecule has 0 saturated heterocycles. The predicted octanol–water partition coefficient (Wildman–Crippen LogP) is 2.71.